The van der Waals surface area contributed by atoms with E-state index in [2.05, 4.69) is 30.9 Å². The van der Waals surface area contributed by atoms with Crippen LogP contribution in [-0.2, 0) is 0 Å². The van der Waals surface area contributed by atoms with E-state index in [0.717, 1.165) is 18.7 Å². The molecule has 3 atom stereocenters. The minimum Gasteiger partial charge on any atom is -0.339 e. The quantitative estimate of drug-likeness (QED) is 0.851. The van der Waals surface area contributed by atoms with Gasteiger partial charge in [0.05, 0.1) is 5.92 Å². The van der Waals surface area contributed by atoms with Crippen molar-refractivity contribution in [1.29, 1.82) is 0 Å². The lowest BCUT2D eigenvalue weighted by Gasteiger charge is -2.13. The Morgan fingerprint density at radius 2 is 2.19 bits per heavy atom. The Balaban J connectivity index is 2.08. The van der Waals surface area contributed by atoms with Crippen molar-refractivity contribution >= 4 is 0 Å². The molecule has 0 bridgehead atoms. The second-order valence-electron chi connectivity index (χ2n) is 5.60. The molecule has 0 radical (unpaired) electrons. The fourth-order valence-electron chi connectivity index (χ4n) is 2.02. The number of nitrogens with two attached hydrogens (primary N) is 1. The summed E-state index contributed by atoms with van der Waals surface area (Å²) >= 11 is 0. The van der Waals surface area contributed by atoms with Gasteiger partial charge in [-0.25, -0.2) is 0 Å². The molecule has 0 aliphatic heterocycles. The Labute approximate surface area is 96.6 Å². The van der Waals surface area contributed by atoms with Gasteiger partial charge in [0.2, 0.25) is 5.89 Å². The molecule has 90 valence electrons. The average Bonchev–Trinajstić information content (AvgIpc) is 2.68. The largest absolute Gasteiger partial charge is 0.339 e. The Hall–Kier alpha value is -0.900. The molecule has 2 rings (SSSR count). The number of hydrogen-bond acceptors (Lipinski definition) is 4. The average molecular weight is 223 g/mol. The Bertz CT molecular complexity index is 372. The molecule has 2 N–H and O–H groups in total. The van der Waals surface area contributed by atoms with E-state index in [0.29, 0.717) is 17.2 Å². The highest BCUT2D eigenvalue weighted by atomic mass is 16.5. The monoisotopic (exact) mass is 223 g/mol. The van der Waals surface area contributed by atoms with Crippen LogP contribution in [0.4, 0.5) is 0 Å². The van der Waals surface area contributed by atoms with Crippen LogP contribution in [0.15, 0.2) is 4.52 Å². The van der Waals surface area contributed by atoms with Gasteiger partial charge in [-0.2, -0.15) is 4.98 Å². The van der Waals surface area contributed by atoms with Crippen LogP contribution in [0, 0.1) is 5.41 Å². The summed E-state index contributed by atoms with van der Waals surface area (Å²) in [5, 5.41) is 4.07. The van der Waals surface area contributed by atoms with Gasteiger partial charge in [0.1, 0.15) is 0 Å². The molecule has 0 saturated heterocycles. The van der Waals surface area contributed by atoms with E-state index >= 15 is 0 Å². The minimum atomic E-state index is 0.0977. The van der Waals surface area contributed by atoms with Crippen molar-refractivity contribution in [2.75, 3.05) is 0 Å². The predicted octanol–water partition coefficient (Wildman–Crippen LogP) is 2.42. The van der Waals surface area contributed by atoms with E-state index in [1.165, 1.54) is 0 Å². The maximum Gasteiger partial charge on any atom is 0.231 e. The lowest BCUT2D eigenvalue weighted by molar-refractivity contribution is 0.336. The van der Waals surface area contributed by atoms with Crippen molar-refractivity contribution in [3.8, 4) is 0 Å². The van der Waals surface area contributed by atoms with E-state index in [1.807, 2.05) is 6.92 Å². The summed E-state index contributed by atoms with van der Waals surface area (Å²) in [5.74, 6) is 2.16. The molecule has 3 unspecified atom stereocenters. The second kappa shape index (κ2) is 3.84. The van der Waals surface area contributed by atoms with E-state index in [4.69, 9.17) is 10.3 Å². The molecular formula is C12H21N3O. The summed E-state index contributed by atoms with van der Waals surface area (Å²) in [6.07, 6.45) is 2.08. The van der Waals surface area contributed by atoms with Crippen LogP contribution in [-0.4, -0.2) is 16.2 Å². The van der Waals surface area contributed by atoms with E-state index in [-0.39, 0.29) is 12.0 Å². The summed E-state index contributed by atoms with van der Waals surface area (Å²) < 4.78 is 5.30. The fourth-order valence-corrected chi connectivity index (χ4v) is 2.02. The zero-order valence-corrected chi connectivity index (χ0v) is 10.5. The molecule has 16 heavy (non-hydrogen) atoms. The first-order chi connectivity index (χ1) is 7.45. The van der Waals surface area contributed by atoms with Gasteiger partial charge in [0, 0.05) is 12.0 Å². The molecule has 0 spiro atoms. The number of rotatable bonds is 4. The van der Waals surface area contributed by atoms with Gasteiger partial charge in [0.15, 0.2) is 5.82 Å². The van der Waals surface area contributed by atoms with Crippen LogP contribution < -0.4 is 5.73 Å². The first-order valence-electron chi connectivity index (χ1n) is 6.04. The maximum absolute atomic E-state index is 5.98. The molecule has 1 aliphatic rings. The molecule has 1 aromatic rings. The number of nitrogens with zero attached hydrogens (tertiary/aromatic N) is 2. The topological polar surface area (TPSA) is 64.9 Å². The standard InChI is InChI=1S/C12H21N3O/c1-5-9(13)7(2)11-14-10(15-16-11)8-6-12(8,3)4/h7-9H,5-6,13H2,1-4H3. The number of hydrogen-bond donors (Lipinski definition) is 1. The first kappa shape index (κ1) is 11.6. The molecule has 0 amide bonds. The van der Waals surface area contributed by atoms with Crippen molar-refractivity contribution in [3.05, 3.63) is 11.7 Å². The Kier molecular flexibility index (Phi) is 2.78. The van der Waals surface area contributed by atoms with Gasteiger partial charge < -0.3 is 10.3 Å². The number of aromatic nitrogens is 2. The maximum atomic E-state index is 5.98. The van der Waals surface area contributed by atoms with Crippen LogP contribution in [0.2, 0.25) is 0 Å². The zero-order valence-electron chi connectivity index (χ0n) is 10.5. The van der Waals surface area contributed by atoms with Crippen molar-refractivity contribution in [3.63, 3.8) is 0 Å². The van der Waals surface area contributed by atoms with Gasteiger partial charge in [-0.05, 0) is 18.3 Å². The molecule has 0 aromatic carbocycles. The van der Waals surface area contributed by atoms with Crippen molar-refractivity contribution in [1.82, 2.24) is 10.1 Å². The highest BCUT2D eigenvalue weighted by Gasteiger charge is 2.49. The highest BCUT2D eigenvalue weighted by molar-refractivity contribution is 5.15. The van der Waals surface area contributed by atoms with E-state index < -0.39 is 0 Å². The van der Waals surface area contributed by atoms with E-state index in [1.54, 1.807) is 0 Å². The summed E-state index contributed by atoms with van der Waals surface area (Å²) in [7, 11) is 0. The normalized spacial score (nSPS) is 26.4. The summed E-state index contributed by atoms with van der Waals surface area (Å²) in [6, 6.07) is 0.0977. The van der Waals surface area contributed by atoms with Crippen LogP contribution in [0.3, 0.4) is 0 Å². The molecule has 1 aromatic heterocycles. The van der Waals surface area contributed by atoms with Gasteiger partial charge in [-0.15, -0.1) is 0 Å². The van der Waals surface area contributed by atoms with Gasteiger partial charge in [0.25, 0.3) is 0 Å². The van der Waals surface area contributed by atoms with Crippen LogP contribution in [0.5, 0.6) is 0 Å². The highest BCUT2D eigenvalue weighted by Crippen LogP contribution is 2.57. The molecule has 4 heteroatoms. The van der Waals surface area contributed by atoms with Crippen molar-refractivity contribution in [2.45, 2.75) is 58.4 Å². The van der Waals surface area contributed by atoms with Gasteiger partial charge in [-0.1, -0.05) is 32.9 Å². The van der Waals surface area contributed by atoms with Gasteiger partial charge in [-0.3, -0.25) is 0 Å². The third-order valence-corrected chi connectivity index (χ3v) is 3.79. The summed E-state index contributed by atoms with van der Waals surface area (Å²) in [5.41, 5.74) is 6.32. The van der Waals surface area contributed by atoms with Crippen LogP contribution in [0.1, 0.15) is 64.1 Å². The third-order valence-electron chi connectivity index (χ3n) is 3.79. The smallest absolute Gasteiger partial charge is 0.231 e. The SMILES string of the molecule is CCC(N)C(C)c1nc(C2CC2(C)C)no1. The minimum absolute atomic E-state index is 0.0977. The van der Waals surface area contributed by atoms with Crippen molar-refractivity contribution in [2.24, 2.45) is 11.1 Å². The molecule has 1 heterocycles. The Morgan fingerprint density at radius 3 is 2.69 bits per heavy atom. The second-order valence-corrected chi connectivity index (χ2v) is 5.60. The molecule has 1 fully saturated rings. The molecule has 1 saturated carbocycles. The molecular weight excluding hydrogens is 202 g/mol. The first-order valence-corrected chi connectivity index (χ1v) is 6.04. The molecule has 1 aliphatic carbocycles. The lowest BCUT2D eigenvalue weighted by Crippen LogP contribution is -2.25. The van der Waals surface area contributed by atoms with Crippen molar-refractivity contribution < 1.29 is 4.52 Å². The summed E-state index contributed by atoms with van der Waals surface area (Å²) in [6.45, 7) is 8.58. The fraction of sp³-hybridized carbons (Fsp3) is 0.833. The molecule has 4 nitrogen and oxygen atoms in total. The lowest BCUT2D eigenvalue weighted by atomic mass is 10.0. The summed E-state index contributed by atoms with van der Waals surface area (Å²) in [4.78, 5) is 4.48. The van der Waals surface area contributed by atoms with Gasteiger partial charge >= 0.3 is 0 Å². The zero-order chi connectivity index (χ0) is 11.9. The van der Waals surface area contributed by atoms with E-state index in [9.17, 15) is 0 Å². The van der Waals surface area contributed by atoms with Crippen LogP contribution in [0.25, 0.3) is 0 Å². The Morgan fingerprint density at radius 1 is 1.56 bits per heavy atom. The van der Waals surface area contributed by atoms with Crippen LogP contribution >= 0.6 is 0 Å². The predicted molar refractivity (Wildman–Crippen MR) is 62.1 cm³/mol. The third kappa shape index (κ3) is 1.98.